The average molecular weight is 296 g/mol. The van der Waals surface area contributed by atoms with Crippen molar-refractivity contribution in [2.75, 3.05) is 0 Å². The van der Waals surface area contributed by atoms with Crippen LogP contribution in [0, 0.1) is 11.3 Å². The molecule has 1 rings (SSSR count). The number of esters is 1. The van der Waals surface area contributed by atoms with E-state index in [-0.39, 0.29) is 5.41 Å². The minimum atomic E-state index is -1.15. The van der Waals surface area contributed by atoms with E-state index in [4.69, 9.17) is 9.84 Å². The molecule has 0 saturated carbocycles. The molecule has 0 aromatic rings. The topological polar surface area (TPSA) is 63.6 Å². The van der Waals surface area contributed by atoms with Gasteiger partial charge in [0.05, 0.1) is 0 Å². The molecule has 0 spiro atoms. The van der Waals surface area contributed by atoms with E-state index in [1.54, 1.807) is 0 Å². The van der Waals surface area contributed by atoms with Gasteiger partial charge in [0.2, 0.25) is 0 Å². The highest BCUT2D eigenvalue weighted by Crippen LogP contribution is 2.45. The smallest absolute Gasteiger partial charge is 0.317 e. The van der Waals surface area contributed by atoms with Crippen molar-refractivity contribution in [1.82, 2.24) is 0 Å². The standard InChI is InChI=1S/C17H28O4/c1-6-17(5,21-15(20)10-14(18)19)11-13-12(2)8-7-9-16(13,3)4/h8,13H,6-7,9-11H2,1-5H3,(H,18,19). The molecule has 1 N–H and O–H groups in total. The number of carbonyl (C=O) groups excluding carboxylic acids is 1. The first-order valence-electron chi connectivity index (χ1n) is 7.70. The molecule has 0 heterocycles. The van der Waals surface area contributed by atoms with Crippen molar-refractivity contribution in [2.45, 2.75) is 72.3 Å². The molecule has 1 aliphatic carbocycles. The molecular formula is C17H28O4. The SMILES string of the molecule is CCC(C)(CC1C(C)=CCCC1(C)C)OC(=O)CC(=O)O. The van der Waals surface area contributed by atoms with Gasteiger partial charge in [-0.05, 0) is 50.9 Å². The quantitative estimate of drug-likeness (QED) is 0.458. The lowest BCUT2D eigenvalue weighted by molar-refractivity contribution is -0.164. The fourth-order valence-electron chi connectivity index (χ4n) is 3.17. The lowest BCUT2D eigenvalue weighted by Crippen LogP contribution is -2.39. The molecule has 21 heavy (non-hydrogen) atoms. The third-order valence-electron chi connectivity index (χ3n) is 4.79. The normalized spacial score (nSPS) is 23.9. The van der Waals surface area contributed by atoms with E-state index < -0.39 is 24.0 Å². The Morgan fingerprint density at radius 1 is 1.48 bits per heavy atom. The highest BCUT2D eigenvalue weighted by Gasteiger charge is 2.39. The van der Waals surface area contributed by atoms with Crippen LogP contribution >= 0.6 is 0 Å². The van der Waals surface area contributed by atoms with Gasteiger partial charge in [-0.3, -0.25) is 9.59 Å². The van der Waals surface area contributed by atoms with Crippen molar-refractivity contribution in [3.8, 4) is 0 Å². The summed E-state index contributed by atoms with van der Waals surface area (Å²) in [5.74, 6) is -1.44. The summed E-state index contributed by atoms with van der Waals surface area (Å²) in [5.41, 5.74) is 0.912. The molecule has 0 amide bonds. The number of aliphatic carboxylic acids is 1. The lowest BCUT2D eigenvalue weighted by Gasteiger charge is -2.43. The zero-order chi connectivity index (χ0) is 16.3. The van der Waals surface area contributed by atoms with Gasteiger partial charge in [0.1, 0.15) is 12.0 Å². The van der Waals surface area contributed by atoms with Gasteiger partial charge in [0, 0.05) is 0 Å². The molecule has 0 aromatic carbocycles. The van der Waals surface area contributed by atoms with Gasteiger partial charge in [0.15, 0.2) is 0 Å². The Kier molecular flexibility index (Phi) is 5.60. The van der Waals surface area contributed by atoms with Crippen LogP contribution in [-0.4, -0.2) is 22.6 Å². The maximum atomic E-state index is 11.7. The molecule has 0 saturated heterocycles. The fourth-order valence-corrected chi connectivity index (χ4v) is 3.17. The Balaban J connectivity index is 2.84. The third kappa shape index (κ3) is 4.87. The molecule has 0 aliphatic heterocycles. The van der Waals surface area contributed by atoms with Gasteiger partial charge < -0.3 is 9.84 Å². The number of carboxylic acid groups (broad SMARTS) is 1. The predicted octanol–water partition coefficient (Wildman–Crippen LogP) is 3.95. The van der Waals surface area contributed by atoms with Gasteiger partial charge in [-0.25, -0.2) is 0 Å². The Morgan fingerprint density at radius 3 is 2.57 bits per heavy atom. The zero-order valence-electron chi connectivity index (χ0n) is 13.9. The van der Waals surface area contributed by atoms with Crippen LogP contribution in [0.15, 0.2) is 11.6 Å². The summed E-state index contributed by atoms with van der Waals surface area (Å²) < 4.78 is 5.50. The Morgan fingerprint density at radius 2 is 2.10 bits per heavy atom. The first-order chi connectivity index (χ1) is 9.59. The van der Waals surface area contributed by atoms with Crippen LogP contribution in [0.25, 0.3) is 0 Å². The zero-order valence-corrected chi connectivity index (χ0v) is 13.9. The summed E-state index contributed by atoms with van der Waals surface area (Å²) in [6, 6.07) is 0. The minimum absolute atomic E-state index is 0.175. The number of ether oxygens (including phenoxy) is 1. The minimum Gasteiger partial charge on any atom is -0.481 e. The Labute approximate surface area is 127 Å². The molecule has 0 radical (unpaired) electrons. The summed E-state index contributed by atoms with van der Waals surface area (Å²) in [6.45, 7) is 10.5. The van der Waals surface area contributed by atoms with Gasteiger partial charge in [-0.2, -0.15) is 0 Å². The number of carboxylic acids is 1. The van der Waals surface area contributed by atoms with Crippen LogP contribution in [0.4, 0.5) is 0 Å². The van der Waals surface area contributed by atoms with Crippen molar-refractivity contribution < 1.29 is 19.4 Å². The van der Waals surface area contributed by atoms with E-state index in [1.807, 2.05) is 13.8 Å². The second-order valence-electron chi connectivity index (χ2n) is 7.08. The van der Waals surface area contributed by atoms with E-state index in [0.717, 1.165) is 19.3 Å². The summed E-state index contributed by atoms with van der Waals surface area (Å²) in [6.07, 6.45) is 5.33. The third-order valence-corrected chi connectivity index (χ3v) is 4.79. The van der Waals surface area contributed by atoms with Crippen molar-refractivity contribution in [1.29, 1.82) is 0 Å². The molecule has 4 nitrogen and oxygen atoms in total. The molecule has 2 unspecified atom stereocenters. The number of allylic oxidation sites excluding steroid dienone is 2. The van der Waals surface area contributed by atoms with Crippen LogP contribution in [0.1, 0.15) is 66.7 Å². The Bertz CT molecular complexity index is 436. The van der Waals surface area contributed by atoms with Crippen LogP contribution in [0.2, 0.25) is 0 Å². The second-order valence-corrected chi connectivity index (χ2v) is 7.08. The van der Waals surface area contributed by atoms with Crippen LogP contribution in [-0.2, 0) is 14.3 Å². The number of carbonyl (C=O) groups is 2. The maximum absolute atomic E-state index is 11.7. The first-order valence-corrected chi connectivity index (χ1v) is 7.70. The number of hydrogen-bond acceptors (Lipinski definition) is 3. The summed E-state index contributed by atoms with van der Waals surface area (Å²) in [5, 5.41) is 8.69. The van der Waals surface area contributed by atoms with Gasteiger partial charge in [-0.15, -0.1) is 0 Å². The monoisotopic (exact) mass is 296 g/mol. The van der Waals surface area contributed by atoms with Crippen molar-refractivity contribution in [3.63, 3.8) is 0 Å². The number of rotatable bonds is 6. The van der Waals surface area contributed by atoms with E-state index in [2.05, 4.69) is 26.8 Å². The van der Waals surface area contributed by atoms with Gasteiger partial charge >= 0.3 is 11.9 Å². The molecular weight excluding hydrogens is 268 g/mol. The maximum Gasteiger partial charge on any atom is 0.317 e. The molecule has 0 bridgehead atoms. The van der Waals surface area contributed by atoms with Gasteiger partial charge in [0.25, 0.3) is 0 Å². The van der Waals surface area contributed by atoms with Crippen LogP contribution < -0.4 is 0 Å². The van der Waals surface area contributed by atoms with Crippen molar-refractivity contribution in [2.24, 2.45) is 11.3 Å². The second kappa shape index (κ2) is 6.63. The van der Waals surface area contributed by atoms with Crippen molar-refractivity contribution >= 4 is 11.9 Å². The van der Waals surface area contributed by atoms with E-state index in [1.165, 1.54) is 5.57 Å². The molecule has 0 aromatic heterocycles. The highest BCUT2D eigenvalue weighted by atomic mass is 16.6. The molecule has 0 fully saturated rings. The highest BCUT2D eigenvalue weighted by molar-refractivity contribution is 5.90. The Hall–Kier alpha value is -1.32. The molecule has 1 aliphatic rings. The van der Waals surface area contributed by atoms with E-state index >= 15 is 0 Å². The van der Waals surface area contributed by atoms with E-state index in [9.17, 15) is 9.59 Å². The molecule has 2 atom stereocenters. The average Bonchev–Trinajstić information content (AvgIpc) is 2.32. The number of hydrogen-bond donors (Lipinski definition) is 1. The predicted molar refractivity (Wildman–Crippen MR) is 81.9 cm³/mol. The molecule has 4 heteroatoms. The van der Waals surface area contributed by atoms with Gasteiger partial charge in [-0.1, -0.05) is 32.4 Å². The van der Waals surface area contributed by atoms with E-state index in [0.29, 0.717) is 12.3 Å². The summed E-state index contributed by atoms with van der Waals surface area (Å²) in [7, 11) is 0. The summed E-state index contributed by atoms with van der Waals surface area (Å²) >= 11 is 0. The summed E-state index contributed by atoms with van der Waals surface area (Å²) in [4.78, 5) is 22.3. The largest absolute Gasteiger partial charge is 0.481 e. The first kappa shape index (κ1) is 17.7. The molecule has 120 valence electrons. The fraction of sp³-hybridized carbons (Fsp3) is 0.765. The van der Waals surface area contributed by atoms with Crippen LogP contribution in [0.3, 0.4) is 0 Å². The van der Waals surface area contributed by atoms with Crippen molar-refractivity contribution in [3.05, 3.63) is 11.6 Å². The lowest BCUT2D eigenvalue weighted by atomic mass is 9.65. The van der Waals surface area contributed by atoms with Crippen LogP contribution in [0.5, 0.6) is 0 Å².